The molecule has 2 aliphatic heterocycles. The summed E-state index contributed by atoms with van der Waals surface area (Å²) in [5.74, 6) is 1.37. The number of halogens is 1. The molecule has 0 aromatic heterocycles. The van der Waals surface area contributed by atoms with E-state index in [-0.39, 0.29) is 17.6 Å². The van der Waals surface area contributed by atoms with Gasteiger partial charge in [-0.15, -0.1) is 0 Å². The Morgan fingerprint density at radius 1 is 1.23 bits per heavy atom. The molecule has 2 aromatic rings. The van der Waals surface area contributed by atoms with Gasteiger partial charge in [-0.3, -0.25) is 4.79 Å². The Kier molecular flexibility index (Phi) is 6.70. The molecule has 0 saturated carbocycles. The van der Waals surface area contributed by atoms with E-state index in [1.54, 1.807) is 19.2 Å². The van der Waals surface area contributed by atoms with E-state index in [0.717, 1.165) is 36.4 Å². The number of carbonyl (C=O) groups excluding carboxylic acids is 1. The van der Waals surface area contributed by atoms with Crippen LogP contribution in [0.3, 0.4) is 0 Å². The third-order valence-corrected chi connectivity index (χ3v) is 5.68. The largest absolute Gasteiger partial charge is 0.497 e. The Labute approximate surface area is 181 Å². The highest BCUT2D eigenvalue weighted by atomic mass is 19.1. The molecule has 1 amide bonds. The third-order valence-electron chi connectivity index (χ3n) is 5.68. The summed E-state index contributed by atoms with van der Waals surface area (Å²) in [6.45, 7) is 1.85. The summed E-state index contributed by atoms with van der Waals surface area (Å²) < 4.78 is 24.1. The molecule has 6 nitrogen and oxygen atoms in total. The lowest BCUT2D eigenvalue weighted by atomic mass is 9.97. The number of nitrogens with zero attached hydrogens (tertiary/aromatic N) is 2. The van der Waals surface area contributed by atoms with Crippen molar-refractivity contribution in [3.63, 3.8) is 0 Å². The smallest absolute Gasteiger partial charge is 0.266 e. The summed E-state index contributed by atoms with van der Waals surface area (Å²) in [7, 11) is 1.64. The summed E-state index contributed by atoms with van der Waals surface area (Å²) in [4.78, 5) is 20.3. The molecule has 0 aliphatic carbocycles. The van der Waals surface area contributed by atoms with Crippen LogP contribution in [0.25, 0.3) is 0 Å². The predicted octanol–water partition coefficient (Wildman–Crippen LogP) is 3.84. The van der Waals surface area contributed by atoms with E-state index < -0.39 is 6.10 Å². The standard InChI is InChI=1S/C24H27FN2O4/c1-29-22-6-2-4-17(13-22)12-20-14-23(31-26-20)24(28)27-11-3-5-18(15-27)16-30-21-9-7-19(25)8-10-21/h2,4,6-10,13,18,23H,3,5,11-12,14-16H2,1H3/t18-,23-/m1/s1. The molecule has 4 rings (SSSR count). The second-order valence-corrected chi connectivity index (χ2v) is 8.04. The quantitative estimate of drug-likeness (QED) is 0.675. The van der Waals surface area contributed by atoms with Crippen LogP contribution >= 0.6 is 0 Å². The van der Waals surface area contributed by atoms with E-state index in [1.165, 1.54) is 12.1 Å². The molecule has 0 radical (unpaired) electrons. The summed E-state index contributed by atoms with van der Waals surface area (Å²) in [5.41, 5.74) is 1.94. The first kappa shape index (κ1) is 21.2. The van der Waals surface area contributed by atoms with Crippen LogP contribution in [0.1, 0.15) is 24.8 Å². The highest BCUT2D eigenvalue weighted by Crippen LogP contribution is 2.23. The topological polar surface area (TPSA) is 60.4 Å². The predicted molar refractivity (Wildman–Crippen MR) is 115 cm³/mol. The fraction of sp³-hybridized carbons (Fsp3) is 0.417. The van der Waals surface area contributed by atoms with Crippen molar-refractivity contribution in [2.45, 2.75) is 31.8 Å². The minimum atomic E-state index is -0.558. The van der Waals surface area contributed by atoms with Gasteiger partial charge in [0.15, 0.2) is 0 Å². The Hall–Kier alpha value is -3.09. The van der Waals surface area contributed by atoms with E-state index in [1.807, 2.05) is 29.2 Å². The van der Waals surface area contributed by atoms with E-state index in [2.05, 4.69) is 5.16 Å². The van der Waals surface area contributed by atoms with Gasteiger partial charge in [0.1, 0.15) is 17.3 Å². The van der Waals surface area contributed by atoms with Crippen molar-refractivity contribution in [1.29, 1.82) is 0 Å². The lowest BCUT2D eigenvalue weighted by molar-refractivity contribution is -0.144. The van der Waals surface area contributed by atoms with Gasteiger partial charge < -0.3 is 19.2 Å². The van der Waals surface area contributed by atoms with Gasteiger partial charge in [-0.25, -0.2) is 4.39 Å². The van der Waals surface area contributed by atoms with Crippen molar-refractivity contribution >= 4 is 11.6 Å². The number of amides is 1. The monoisotopic (exact) mass is 426 g/mol. The molecule has 164 valence electrons. The molecule has 2 aliphatic rings. The van der Waals surface area contributed by atoms with Crippen LogP contribution in [0.4, 0.5) is 4.39 Å². The van der Waals surface area contributed by atoms with Gasteiger partial charge in [0.25, 0.3) is 5.91 Å². The highest BCUT2D eigenvalue weighted by molar-refractivity contribution is 5.94. The zero-order valence-electron chi connectivity index (χ0n) is 17.6. The van der Waals surface area contributed by atoms with Crippen LogP contribution in [-0.4, -0.2) is 49.4 Å². The second-order valence-electron chi connectivity index (χ2n) is 8.04. The molecule has 2 aromatic carbocycles. The van der Waals surface area contributed by atoms with E-state index in [9.17, 15) is 9.18 Å². The number of piperidine rings is 1. The number of methoxy groups -OCH3 is 1. The second kappa shape index (κ2) is 9.81. The first-order valence-corrected chi connectivity index (χ1v) is 10.6. The molecule has 7 heteroatoms. The van der Waals surface area contributed by atoms with Crippen molar-refractivity contribution in [2.24, 2.45) is 11.1 Å². The normalized spacial score (nSPS) is 20.7. The molecule has 0 spiro atoms. The maximum atomic E-state index is 13.0. The summed E-state index contributed by atoms with van der Waals surface area (Å²) >= 11 is 0. The first-order chi connectivity index (χ1) is 15.1. The zero-order chi connectivity index (χ0) is 21.6. The number of oxime groups is 1. The number of hydrogen-bond donors (Lipinski definition) is 0. The molecule has 1 fully saturated rings. The summed E-state index contributed by atoms with van der Waals surface area (Å²) in [6.07, 6.45) is 2.50. The molecule has 31 heavy (non-hydrogen) atoms. The van der Waals surface area contributed by atoms with Crippen LogP contribution in [0.5, 0.6) is 11.5 Å². The third kappa shape index (κ3) is 5.54. The Balaban J connectivity index is 1.26. The van der Waals surface area contributed by atoms with Crippen LogP contribution < -0.4 is 9.47 Å². The SMILES string of the molecule is COc1cccc(CC2=NO[C@@H](C(=O)N3CCC[C@@H](COc4ccc(F)cc4)C3)C2)c1. The highest BCUT2D eigenvalue weighted by Gasteiger charge is 2.34. The van der Waals surface area contributed by atoms with Crippen LogP contribution in [-0.2, 0) is 16.1 Å². The lowest BCUT2D eigenvalue weighted by Crippen LogP contribution is -2.46. The van der Waals surface area contributed by atoms with E-state index in [0.29, 0.717) is 31.7 Å². The van der Waals surface area contributed by atoms with Crippen LogP contribution in [0.2, 0.25) is 0 Å². The minimum Gasteiger partial charge on any atom is -0.497 e. The summed E-state index contributed by atoms with van der Waals surface area (Å²) in [6, 6.07) is 13.8. The molecule has 1 saturated heterocycles. The Morgan fingerprint density at radius 2 is 2.06 bits per heavy atom. The fourth-order valence-electron chi connectivity index (χ4n) is 4.03. The van der Waals surface area contributed by atoms with Gasteiger partial charge in [-0.1, -0.05) is 17.3 Å². The van der Waals surface area contributed by atoms with Crippen LogP contribution in [0, 0.1) is 11.7 Å². The zero-order valence-corrected chi connectivity index (χ0v) is 17.6. The van der Waals surface area contributed by atoms with Gasteiger partial charge in [-0.05, 0) is 54.8 Å². The molecule has 0 unspecified atom stereocenters. The van der Waals surface area contributed by atoms with E-state index >= 15 is 0 Å². The maximum absolute atomic E-state index is 13.0. The molecule has 2 heterocycles. The number of hydrogen-bond acceptors (Lipinski definition) is 5. The van der Waals surface area contributed by atoms with Gasteiger partial charge in [-0.2, -0.15) is 0 Å². The van der Waals surface area contributed by atoms with Crippen molar-refractivity contribution in [3.8, 4) is 11.5 Å². The fourth-order valence-corrected chi connectivity index (χ4v) is 4.03. The van der Waals surface area contributed by atoms with Crippen molar-refractivity contribution in [2.75, 3.05) is 26.8 Å². The Bertz CT molecular complexity index is 931. The van der Waals surface area contributed by atoms with Crippen molar-refractivity contribution < 1.29 is 23.5 Å². The molecule has 0 bridgehead atoms. The number of carbonyl (C=O) groups is 1. The molecular weight excluding hydrogens is 399 g/mol. The molecule has 0 N–H and O–H groups in total. The number of benzene rings is 2. The first-order valence-electron chi connectivity index (χ1n) is 10.6. The number of rotatable bonds is 7. The van der Waals surface area contributed by atoms with E-state index in [4.69, 9.17) is 14.3 Å². The van der Waals surface area contributed by atoms with Gasteiger partial charge in [0.2, 0.25) is 6.10 Å². The van der Waals surface area contributed by atoms with Gasteiger partial charge in [0, 0.05) is 31.8 Å². The van der Waals surface area contributed by atoms with Crippen LogP contribution in [0.15, 0.2) is 53.7 Å². The lowest BCUT2D eigenvalue weighted by Gasteiger charge is -2.33. The average Bonchev–Trinajstić information content (AvgIpc) is 3.27. The van der Waals surface area contributed by atoms with Crippen molar-refractivity contribution in [3.05, 3.63) is 59.9 Å². The minimum absolute atomic E-state index is 0.0177. The number of ether oxygens (including phenoxy) is 2. The average molecular weight is 426 g/mol. The molecule has 2 atom stereocenters. The maximum Gasteiger partial charge on any atom is 0.266 e. The van der Waals surface area contributed by atoms with Crippen molar-refractivity contribution in [1.82, 2.24) is 4.90 Å². The summed E-state index contributed by atoms with van der Waals surface area (Å²) in [5, 5.41) is 4.16. The molecular formula is C24H27FN2O4. The number of likely N-dealkylation sites (tertiary alicyclic amines) is 1. The van der Waals surface area contributed by atoms with Gasteiger partial charge >= 0.3 is 0 Å². The Morgan fingerprint density at radius 3 is 2.87 bits per heavy atom. The van der Waals surface area contributed by atoms with Gasteiger partial charge in [0.05, 0.1) is 19.4 Å².